The maximum atomic E-state index is 12.1. The molecule has 5 nitrogen and oxygen atoms in total. The molecule has 6 heteroatoms. The average molecular weight is 440 g/mol. The Labute approximate surface area is 171 Å². The van der Waals surface area contributed by atoms with Crippen LogP contribution in [0.3, 0.4) is 0 Å². The number of ether oxygens (including phenoxy) is 3. The van der Waals surface area contributed by atoms with Gasteiger partial charge in [0.25, 0.3) is 5.91 Å². The molecule has 0 saturated heterocycles. The Morgan fingerprint density at radius 2 is 1.79 bits per heavy atom. The van der Waals surface area contributed by atoms with Gasteiger partial charge in [0.2, 0.25) is 6.79 Å². The summed E-state index contributed by atoms with van der Waals surface area (Å²) in [6, 6.07) is 21.5. The quantitative estimate of drug-likeness (QED) is 0.612. The van der Waals surface area contributed by atoms with Crippen molar-refractivity contribution in [3.63, 3.8) is 0 Å². The van der Waals surface area contributed by atoms with E-state index in [0.717, 1.165) is 26.9 Å². The first kappa shape index (κ1) is 18.4. The summed E-state index contributed by atoms with van der Waals surface area (Å²) in [7, 11) is 0. The first-order chi connectivity index (χ1) is 13.7. The van der Waals surface area contributed by atoms with Crippen LogP contribution in [0.5, 0.6) is 17.2 Å². The molecule has 3 aromatic rings. The summed E-state index contributed by atoms with van der Waals surface area (Å²) in [5.74, 6) is 1.85. The smallest absolute Gasteiger partial charge is 0.258 e. The van der Waals surface area contributed by atoms with Crippen LogP contribution in [0.2, 0.25) is 0 Å². The lowest BCUT2D eigenvalue weighted by Crippen LogP contribution is -2.28. The molecule has 0 atom stereocenters. The summed E-state index contributed by atoms with van der Waals surface area (Å²) in [6.45, 7) is 0.567. The Hall–Kier alpha value is -2.99. The number of amides is 1. The van der Waals surface area contributed by atoms with Gasteiger partial charge < -0.3 is 19.5 Å². The van der Waals surface area contributed by atoms with Crippen molar-refractivity contribution in [2.75, 3.05) is 13.4 Å². The first-order valence-electron chi connectivity index (χ1n) is 8.82. The SMILES string of the molecule is O=C(COc1ccc(-c2ccccc2)cc1Br)NCc1ccc2c(c1)OCO2. The Balaban J connectivity index is 1.31. The highest BCUT2D eigenvalue weighted by Crippen LogP contribution is 2.32. The van der Waals surface area contributed by atoms with Crippen molar-refractivity contribution in [3.8, 4) is 28.4 Å². The second kappa shape index (κ2) is 8.35. The van der Waals surface area contributed by atoms with Crippen molar-refractivity contribution >= 4 is 21.8 Å². The minimum atomic E-state index is -0.197. The van der Waals surface area contributed by atoms with Crippen LogP contribution in [0, 0.1) is 0 Å². The van der Waals surface area contributed by atoms with Crippen LogP contribution in [0.15, 0.2) is 71.2 Å². The zero-order valence-corrected chi connectivity index (χ0v) is 16.6. The fourth-order valence-corrected chi connectivity index (χ4v) is 3.37. The maximum Gasteiger partial charge on any atom is 0.258 e. The van der Waals surface area contributed by atoms with E-state index in [1.54, 1.807) is 0 Å². The van der Waals surface area contributed by atoms with Gasteiger partial charge in [-0.05, 0) is 56.9 Å². The van der Waals surface area contributed by atoms with Crippen LogP contribution >= 0.6 is 15.9 Å². The lowest BCUT2D eigenvalue weighted by atomic mass is 10.1. The molecule has 0 aliphatic carbocycles. The highest BCUT2D eigenvalue weighted by Gasteiger charge is 2.13. The average Bonchev–Trinajstić information content (AvgIpc) is 3.20. The molecule has 3 aromatic carbocycles. The van der Waals surface area contributed by atoms with E-state index >= 15 is 0 Å². The molecular weight excluding hydrogens is 422 g/mol. The minimum Gasteiger partial charge on any atom is -0.483 e. The third-order valence-electron chi connectivity index (χ3n) is 4.32. The molecule has 0 radical (unpaired) electrons. The fourth-order valence-electron chi connectivity index (χ4n) is 2.87. The van der Waals surface area contributed by atoms with Gasteiger partial charge in [-0.3, -0.25) is 4.79 Å². The predicted molar refractivity (Wildman–Crippen MR) is 109 cm³/mol. The molecule has 1 aliphatic heterocycles. The van der Waals surface area contributed by atoms with E-state index in [1.807, 2.05) is 66.7 Å². The van der Waals surface area contributed by atoms with E-state index in [-0.39, 0.29) is 19.3 Å². The van der Waals surface area contributed by atoms with Gasteiger partial charge in [0.15, 0.2) is 18.1 Å². The van der Waals surface area contributed by atoms with E-state index in [4.69, 9.17) is 14.2 Å². The Kier molecular flexibility index (Phi) is 5.48. The molecule has 0 saturated carbocycles. The number of benzene rings is 3. The van der Waals surface area contributed by atoms with Gasteiger partial charge in [-0.15, -0.1) is 0 Å². The molecule has 142 valence electrons. The standard InChI is InChI=1S/C22H18BrNO4/c23-18-11-17(16-4-2-1-3-5-16)7-9-19(18)26-13-22(25)24-12-15-6-8-20-21(10-15)28-14-27-20/h1-11H,12-14H2,(H,24,25). The summed E-state index contributed by atoms with van der Waals surface area (Å²) < 4.78 is 17.1. The van der Waals surface area contributed by atoms with Gasteiger partial charge in [-0.2, -0.15) is 0 Å². The predicted octanol–water partition coefficient (Wildman–Crippen LogP) is 4.54. The molecular formula is C22H18BrNO4. The topological polar surface area (TPSA) is 56.8 Å². The lowest BCUT2D eigenvalue weighted by Gasteiger charge is -2.11. The zero-order chi connectivity index (χ0) is 19.3. The lowest BCUT2D eigenvalue weighted by molar-refractivity contribution is -0.123. The molecule has 1 amide bonds. The summed E-state index contributed by atoms with van der Waals surface area (Å²) >= 11 is 3.52. The molecule has 0 fully saturated rings. The number of halogens is 1. The minimum absolute atomic E-state index is 0.0617. The fraction of sp³-hybridized carbons (Fsp3) is 0.136. The second-order valence-electron chi connectivity index (χ2n) is 6.26. The Morgan fingerprint density at radius 3 is 2.61 bits per heavy atom. The highest BCUT2D eigenvalue weighted by molar-refractivity contribution is 9.10. The van der Waals surface area contributed by atoms with Crippen LogP contribution in [0.25, 0.3) is 11.1 Å². The van der Waals surface area contributed by atoms with Crippen molar-refractivity contribution in [2.45, 2.75) is 6.54 Å². The van der Waals surface area contributed by atoms with E-state index in [2.05, 4.69) is 21.2 Å². The molecule has 28 heavy (non-hydrogen) atoms. The molecule has 1 N–H and O–H groups in total. The number of hydrogen-bond donors (Lipinski definition) is 1. The normalized spacial score (nSPS) is 11.9. The summed E-state index contributed by atoms with van der Waals surface area (Å²) in [5, 5.41) is 2.84. The number of carbonyl (C=O) groups excluding carboxylic acids is 1. The third kappa shape index (κ3) is 4.28. The number of hydrogen-bond acceptors (Lipinski definition) is 4. The van der Waals surface area contributed by atoms with Gasteiger partial charge in [-0.25, -0.2) is 0 Å². The molecule has 1 aliphatic rings. The largest absolute Gasteiger partial charge is 0.483 e. The van der Waals surface area contributed by atoms with Crippen molar-refractivity contribution in [2.24, 2.45) is 0 Å². The molecule has 0 aromatic heterocycles. The Bertz CT molecular complexity index is 991. The van der Waals surface area contributed by atoms with E-state index in [0.29, 0.717) is 18.0 Å². The third-order valence-corrected chi connectivity index (χ3v) is 4.94. The summed E-state index contributed by atoms with van der Waals surface area (Å²) in [4.78, 5) is 12.1. The van der Waals surface area contributed by atoms with Crippen LogP contribution in [-0.4, -0.2) is 19.3 Å². The van der Waals surface area contributed by atoms with Gasteiger partial charge in [0.05, 0.1) is 4.47 Å². The van der Waals surface area contributed by atoms with E-state index in [1.165, 1.54) is 0 Å². The van der Waals surface area contributed by atoms with Crippen LogP contribution < -0.4 is 19.5 Å². The summed E-state index contributed by atoms with van der Waals surface area (Å²) in [6.07, 6.45) is 0. The summed E-state index contributed by atoms with van der Waals surface area (Å²) in [5.41, 5.74) is 3.13. The molecule has 0 spiro atoms. The van der Waals surface area contributed by atoms with Gasteiger partial charge >= 0.3 is 0 Å². The van der Waals surface area contributed by atoms with E-state index in [9.17, 15) is 4.79 Å². The van der Waals surface area contributed by atoms with Gasteiger partial charge in [0, 0.05) is 6.54 Å². The van der Waals surface area contributed by atoms with Crippen molar-refractivity contribution < 1.29 is 19.0 Å². The first-order valence-corrected chi connectivity index (χ1v) is 9.61. The van der Waals surface area contributed by atoms with Crippen molar-refractivity contribution in [3.05, 3.63) is 76.8 Å². The zero-order valence-electron chi connectivity index (χ0n) is 15.0. The van der Waals surface area contributed by atoms with Gasteiger partial charge in [-0.1, -0.05) is 42.5 Å². The molecule has 4 rings (SSSR count). The van der Waals surface area contributed by atoms with Crippen LogP contribution in [-0.2, 0) is 11.3 Å². The van der Waals surface area contributed by atoms with Crippen LogP contribution in [0.1, 0.15) is 5.56 Å². The van der Waals surface area contributed by atoms with Crippen LogP contribution in [0.4, 0.5) is 0 Å². The second-order valence-corrected chi connectivity index (χ2v) is 7.12. The Morgan fingerprint density at radius 1 is 0.964 bits per heavy atom. The molecule has 1 heterocycles. The van der Waals surface area contributed by atoms with E-state index < -0.39 is 0 Å². The number of rotatable bonds is 6. The number of carbonyl (C=O) groups is 1. The van der Waals surface area contributed by atoms with Crippen molar-refractivity contribution in [1.82, 2.24) is 5.32 Å². The highest BCUT2D eigenvalue weighted by atomic mass is 79.9. The number of fused-ring (bicyclic) bond motifs is 1. The maximum absolute atomic E-state index is 12.1. The molecule has 0 unspecified atom stereocenters. The number of nitrogens with one attached hydrogen (secondary N) is 1. The van der Waals surface area contributed by atoms with Crippen molar-refractivity contribution in [1.29, 1.82) is 0 Å². The monoisotopic (exact) mass is 439 g/mol. The molecule has 0 bridgehead atoms. The van der Waals surface area contributed by atoms with Gasteiger partial charge in [0.1, 0.15) is 5.75 Å².